The van der Waals surface area contributed by atoms with Crippen molar-refractivity contribution < 1.29 is 29.3 Å². The van der Waals surface area contributed by atoms with Crippen LogP contribution in [0.25, 0.3) is 0 Å². The highest BCUT2D eigenvalue weighted by atomic mass is 16.6. The fourth-order valence-corrected chi connectivity index (χ4v) is 4.37. The molecule has 0 saturated carbocycles. The van der Waals surface area contributed by atoms with Gasteiger partial charge in [-0.25, -0.2) is 14.7 Å². The van der Waals surface area contributed by atoms with Gasteiger partial charge >= 0.3 is 18.0 Å². The van der Waals surface area contributed by atoms with Crippen molar-refractivity contribution in [2.45, 2.75) is 42.8 Å². The van der Waals surface area contributed by atoms with E-state index in [-0.39, 0.29) is 31.0 Å². The normalized spacial score (nSPS) is 35.6. The molecular formula is C14H25N7O4+2. The second kappa shape index (κ2) is 5.36. The number of carbonyl (C=O) groups is 1. The van der Waals surface area contributed by atoms with Crippen LogP contribution in [0.1, 0.15) is 19.3 Å². The molecular weight excluding hydrogens is 330 g/mol. The number of amides is 1. The summed E-state index contributed by atoms with van der Waals surface area (Å²) in [6, 6.07) is -1.03. The van der Waals surface area contributed by atoms with E-state index in [0.717, 1.165) is 12.8 Å². The molecule has 9 N–H and O–H groups in total. The predicted octanol–water partition coefficient (Wildman–Crippen LogP) is -5.33. The molecule has 0 aliphatic carbocycles. The molecule has 1 spiro atoms. The Balaban J connectivity index is 1.57. The van der Waals surface area contributed by atoms with E-state index < -0.39 is 23.5 Å². The second-order valence-corrected chi connectivity index (χ2v) is 7.05. The van der Waals surface area contributed by atoms with Gasteiger partial charge in [-0.05, 0) is 12.8 Å². The maximum Gasteiger partial charge on any atom is 0.409 e. The average molecular weight is 355 g/mol. The lowest BCUT2D eigenvalue weighted by Gasteiger charge is -2.40. The summed E-state index contributed by atoms with van der Waals surface area (Å²) >= 11 is 0. The number of aliphatic hydroxyl groups is 2. The van der Waals surface area contributed by atoms with Crippen molar-refractivity contribution in [3.63, 3.8) is 0 Å². The van der Waals surface area contributed by atoms with E-state index >= 15 is 0 Å². The number of hydrogen-bond donors (Lipinski definition) is 7. The van der Waals surface area contributed by atoms with Gasteiger partial charge < -0.3 is 19.8 Å². The smallest absolute Gasteiger partial charge is 0.409 e. The molecule has 2 saturated heterocycles. The Bertz CT molecular complexity index is 658. The van der Waals surface area contributed by atoms with Gasteiger partial charge in [0.2, 0.25) is 5.79 Å². The van der Waals surface area contributed by atoms with Gasteiger partial charge in [-0.3, -0.25) is 21.8 Å². The number of nitrogens with zero attached hydrogens (tertiary/aromatic N) is 2. The number of nitrogens with one attached hydrogen (secondary N) is 3. The standard InChI is InChI=1S/C14H23N7O4/c15-10-18-9-8(7-25-12(22)20-4-1-2-5-20)17-11(16)21-6-3-13(23,24)14(9,21)19-10/h8-9,23-24H,1-7H2,(H5,15,16,17,18,19)/p+2/t8-,9-,14-/m0/s1. The van der Waals surface area contributed by atoms with Gasteiger partial charge in [0.05, 0.1) is 6.54 Å². The largest absolute Gasteiger partial charge is 0.446 e. The Hall–Kier alpha value is -2.27. The summed E-state index contributed by atoms with van der Waals surface area (Å²) in [5, 5.41) is 27.2. The molecule has 3 atom stereocenters. The minimum Gasteiger partial charge on any atom is -0.446 e. The van der Waals surface area contributed by atoms with Crippen molar-refractivity contribution in [2.75, 3.05) is 26.2 Å². The van der Waals surface area contributed by atoms with Gasteiger partial charge in [0, 0.05) is 19.5 Å². The zero-order chi connectivity index (χ0) is 17.8. The van der Waals surface area contributed by atoms with E-state index in [4.69, 9.17) is 16.2 Å². The van der Waals surface area contributed by atoms with Gasteiger partial charge in [0.25, 0.3) is 5.66 Å². The summed E-state index contributed by atoms with van der Waals surface area (Å²) in [6.45, 7) is 1.77. The third kappa shape index (κ3) is 2.22. The predicted molar refractivity (Wildman–Crippen MR) is 85.0 cm³/mol. The first-order valence-corrected chi connectivity index (χ1v) is 8.55. The summed E-state index contributed by atoms with van der Waals surface area (Å²) in [4.78, 5) is 16.8. The van der Waals surface area contributed by atoms with Crippen molar-refractivity contribution in [1.29, 1.82) is 0 Å². The maximum absolute atomic E-state index is 12.1. The van der Waals surface area contributed by atoms with Crippen LogP contribution in [0.3, 0.4) is 0 Å². The number of nitrogens with two attached hydrogens (primary N) is 2. The molecule has 0 aromatic heterocycles. The minimum atomic E-state index is -2.05. The Kier molecular flexibility index (Phi) is 3.48. The molecule has 4 rings (SSSR count). The first-order chi connectivity index (χ1) is 11.8. The second-order valence-electron chi connectivity index (χ2n) is 7.05. The van der Waals surface area contributed by atoms with Gasteiger partial charge in [-0.1, -0.05) is 0 Å². The Morgan fingerprint density at radius 2 is 2.12 bits per heavy atom. The molecule has 0 bridgehead atoms. The van der Waals surface area contributed by atoms with E-state index in [2.05, 4.69) is 15.6 Å². The zero-order valence-corrected chi connectivity index (χ0v) is 13.9. The topological polar surface area (TPSA) is 163 Å². The fraction of sp³-hybridized carbons (Fsp3) is 0.786. The molecule has 4 aliphatic heterocycles. The summed E-state index contributed by atoms with van der Waals surface area (Å²) in [6.07, 6.45) is 1.69. The van der Waals surface area contributed by atoms with Crippen LogP contribution in [0.15, 0.2) is 0 Å². The summed E-state index contributed by atoms with van der Waals surface area (Å²) < 4.78 is 7.08. The van der Waals surface area contributed by atoms with Gasteiger partial charge in [0.15, 0.2) is 6.04 Å². The molecule has 0 radical (unpaired) electrons. The lowest BCUT2D eigenvalue weighted by atomic mass is 9.87. The molecule has 0 aromatic rings. The lowest BCUT2D eigenvalue weighted by Crippen LogP contribution is -2.91. The highest BCUT2D eigenvalue weighted by Gasteiger charge is 2.74. The monoisotopic (exact) mass is 355 g/mol. The van der Waals surface area contributed by atoms with Crippen molar-refractivity contribution in [1.82, 2.24) is 15.5 Å². The zero-order valence-electron chi connectivity index (χ0n) is 13.9. The molecule has 11 nitrogen and oxygen atoms in total. The lowest BCUT2D eigenvalue weighted by molar-refractivity contribution is -0.674. The summed E-state index contributed by atoms with van der Waals surface area (Å²) in [5.74, 6) is -1.54. The van der Waals surface area contributed by atoms with E-state index in [1.54, 1.807) is 9.48 Å². The molecule has 11 heteroatoms. The SMILES string of the molecule is NC1=[NH+][C@H]2[C@H](COC(=O)N3CCCC3)NC(N)=[N+]3CCC(O)(O)[C@]23N1. The van der Waals surface area contributed by atoms with Gasteiger partial charge in [0.1, 0.15) is 12.6 Å². The highest BCUT2D eigenvalue weighted by molar-refractivity contribution is 5.78. The number of hydrogen-bond acceptors (Lipinski definition) is 8. The first kappa shape index (κ1) is 16.2. The number of rotatable bonds is 2. The number of ether oxygens (including phenoxy) is 1. The molecule has 25 heavy (non-hydrogen) atoms. The average Bonchev–Trinajstić information content (AvgIpc) is 3.24. The van der Waals surface area contributed by atoms with E-state index in [9.17, 15) is 15.0 Å². The van der Waals surface area contributed by atoms with Crippen LogP contribution < -0.4 is 27.1 Å². The van der Waals surface area contributed by atoms with Gasteiger partial charge in [-0.15, -0.1) is 0 Å². The van der Waals surface area contributed by atoms with Crippen molar-refractivity contribution in [2.24, 2.45) is 11.5 Å². The third-order valence-electron chi connectivity index (χ3n) is 5.58. The van der Waals surface area contributed by atoms with Crippen LogP contribution in [0.4, 0.5) is 4.79 Å². The minimum absolute atomic E-state index is 0.0222. The molecule has 4 aliphatic rings. The van der Waals surface area contributed by atoms with E-state index in [0.29, 0.717) is 19.6 Å². The van der Waals surface area contributed by atoms with Crippen LogP contribution in [0, 0.1) is 0 Å². The van der Waals surface area contributed by atoms with E-state index in [1.807, 2.05) is 0 Å². The van der Waals surface area contributed by atoms with Crippen LogP contribution in [-0.4, -0.2) is 87.5 Å². The molecule has 0 aromatic carbocycles. The van der Waals surface area contributed by atoms with Crippen LogP contribution in [0.2, 0.25) is 0 Å². The maximum atomic E-state index is 12.1. The van der Waals surface area contributed by atoms with Crippen LogP contribution >= 0.6 is 0 Å². The first-order valence-electron chi connectivity index (χ1n) is 8.55. The van der Waals surface area contributed by atoms with Crippen LogP contribution in [-0.2, 0) is 4.74 Å². The molecule has 138 valence electrons. The Morgan fingerprint density at radius 1 is 1.40 bits per heavy atom. The molecule has 1 amide bonds. The molecule has 4 heterocycles. The quantitative estimate of drug-likeness (QED) is 0.191. The molecule has 0 unspecified atom stereocenters. The Morgan fingerprint density at radius 3 is 2.84 bits per heavy atom. The number of carbonyl (C=O) groups excluding carboxylic acids is 1. The fourth-order valence-electron chi connectivity index (χ4n) is 4.37. The van der Waals surface area contributed by atoms with Gasteiger partial charge in [-0.2, -0.15) is 0 Å². The highest BCUT2D eigenvalue weighted by Crippen LogP contribution is 2.36. The summed E-state index contributed by atoms with van der Waals surface area (Å²) in [7, 11) is 0. The van der Waals surface area contributed by atoms with Crippen LogP contribution in [0.5, 0.6) is 0 Å². The number of guanidine groups is 2. The van der Waals surface area contributed by atoms with Crippen molar-refractivity contribution in [3.05, 3.63) is 0 Å². The Labute approximate surface area is 144 Å². The third-order valence-corrected chi connectivity index (χ3v) is 5.58. The van der Waals surface area contributed by atoms with Crippen molar-refractivity contribution >= 4 is 18.0 Å². The molecule has 2 fully saturated rings. The summed E-state index contributed by atoms with van der Waals surface area (Å²) in [5.41, 5.74) is 10.7. The van der Waals surface area contributed by atoms with E-state index in [1.165, 1.54) is 0 Å². The number of likely N-dealkylation sites (tertiary alicyclic amines) is 1. The van der Waals surface area contributed by atoms with Crippen molar-refractivity contribution in [3.8, 4) is 0 Å².